The largest absolute Gasteiger partial charge is 0.355 e. The zero-order valence-corrected chi connectivity index (χ0v) is 11.7. The third kappa shape index (κ3) is 3.36. The van der Waals surface area contributed by atoms with Crippen molar-refractivity contribution < 1.29 is 0 Å². The lowest BCUT2D eigenvalue weighted by atomic mass is 9.90. The van der Waals surface area contributed by atoms with Crippen molar-refractivity contribution in [1.29, 1.82) is 0 Å². The van der Waals surface area contributed by atoms with Crippen LogP contribution in [0.2, 0.25) is 0 Å². The van der Waals surface area contributed by atoms with Crippen molar-refractivity contribution in [2.75, 3.05) is 13.1 Å². The van der Waals surface area contributed by atoms with Gasteiger partial charge in [-0.3, -0.25) is 4.99 Å². The summed E-state index contributed by atoms with van der Waals surface area (Å²) < 4.78 is 0. The first-order chi connectivity index (χ1) is 7.23. The van der Waals surface area contributed by atoms with E-state index < -0.39 is 0 Å². The van der Waals surface area contributed by atoms with E-state index >= 15 is 0 Å². The molecule has 0 aromatic rings. The molecule has 92 valence electrons. The summed E-state index contributed by atoms with van der Waals surface area (Å²) in [6, 6.07) is 0. The lowest BCUT2D eigenvalue weighted by Gasteiger charge is -2.43. The van der Waals surface area contributed by atoms with Crippen molar-refractivity contribution >= 4 is 5.84 Å². The summed E-state index contributed by atoms with van der Waals surface area (Å²) in [6.45, 7) is 15.4. The molecule has 0 fully saturated rings. The van der Waals surface area contributed by atoms with Gasteiger partial charge in [-0.2, -0.15) is 0 Å². The molecule has 1 aliphatic rings. The van der Waals surface area contributed by atoms with Gasteiger partial charge in [0.15, 0.2) is 0 Å². The predicted octanol–water partition coefficient (Wildman–Crippen LogP) is 3.49. The van der Waals surface area contributed by atoms with Crippen molar-refractivity contribution in [3.8, 4) is 0 Å². The van der Waals surface area contributed by atoms with Gasteiger partial charge in [0.25, 0.3) is 0 Å². The molecule has 0 aliphatic carbocycles. The zero-order chi connectivity index (χ0) is 12.4. The van der Waals surface area contributed by atoms with Crippen LogP contribution >= 0.6 is 0 Å². The minimum absolute atomic E-state index is 0.123. The zero-order valence-electron chi connectivity index (χ0n) is 11.7. The number of amidine groups is 1. The summed E-state index contributed by atoms with van der Waals surface area (Å²) in [5.74, 6) is 1.24. The van der Waals surface area contributed by atoms with Crippen LogP contribution in [0.4, 0.5) is 0 Å². The maximum Gasteiger partial charge on any atom is 0.105 e. The van der Waals surface area contributed by atoms with Crippen molar-refractivity contribution in [1.82, 2.24) is 4.90 Å². The quantitative estimate of drug-likeness (QED) is 0.573. The number of rotatable bonds is 0. The highest BCUT2D eigenvalue weighted by Gasteiger charge is 2.31. The first kappa shape index (κ1) is 13.3. The van der Waals surface area contributed by atoms with Crippen LogP contribution in [-0.4, -0.2) is 29.4 Å². The summed E-state index contributed by atoms with van der Waals surface area (Å²) in [7, 11) is 0. The first-order valence-electron chi connectivity index (χ1n) is 6.20. The monoisotopic (exact) mass is 222 g/mol. The fourth-order valence-corrected chi connectivity index (χ4v) is 2.02. The molecule has 1 aliphatic heterocycles. The Morgan fingerprint density at radius 1 is 1.06 bits per heavy atom. The van der Waals surface area contributed by atoms with E-state index in [1.165, 1.54) is 5.84 Å². The molecule has 0 saturated carbocycles. The molecule has 0 saturated heterocycles. The van der Waals surface area contributed by atoms with Crippen LogP contribution in [0.1, 0.15) is 48.0 Å². The summed E-state index contributed by atoms with van der Waals surface area (Å²) in [4.78, 5) is 7.21. The third-order valence-electron chi connectivity index (χ3n) is 2.77. The topological polar surface area (TPSA) is 15.6 Å². The lowest BCUT2D eigenvalue weighted by Crippen LogP contribution is -2.51. The van der Waals surface area contributed by atoms with Crippen LogP contribution in [0, 0.1) is 5.41 Å². The number of nitrogens with zero attached hydrogens (tertiary/aromatic N) is 2. The molecule has 16 heavy (non-hydrogen) atoms. The maximum absolute atomic E-state index is 4.76. The van der Waals surface area contributed by atoms with E-state index in [1.54, 1.807) is 0 Å². The molecule has 0 amide bonds. The van der Waals surface area contributed by atoms with Gasteiger partial charge < -0.3 is 4.90 Å². The molecular weight excluding hydrogens is 196 g/mol. The predicted molar refractivity (Wildman–Crippen MR) is 72.0 cm³/mol. The second-order valence-electron chi connectivity index (χ2n) is 6.50. The van der Waals surface area contributed by atoms with Gasteiger partial charge in [-0.05, 0) is 27.2 Å². The molecule has 0 bridgehead atoms. The van der Waals surface area contributed by atoms with Crippen molar-refractivity contribution in [3.05, 3.63) is 12.2 Å². The van der Waals surface area contributed by atoms with Crippen LogP contribution in [-0.2, 0) is 0 Å². The van der Waals surface area contributed by atoms with Crippen molar-refractivity contribution in [2.24, 2.45) is 10.4 Å². The highest BCUT2D eigenvalue weighted by Crippen LogP contribution is 2.26. The van der Waals surface area contributed by atoms with Gasteiger partial charge in [-0.15, -0.1) is 0 Å². The van der Waals surface area contributed by atoms with Gasteiger partial charge in [-0.1, -0.05) is 32.9 Å². The molecule has 2 heteroatoms. The molecule has 0 N–H and O–H groups in total. The number of hydrogen-bond acceptors (Lipinski definition) is 2. The van der Waals surface area contributed by atoms with Crippen LogP contribution in [0.5, 0.6) is 0 Å². The number of aliphatic imine (C=N–C) groups is 1. The second-order valence-corrected chi connectivity index (χ2v) is 6.50. The van der Waals surface area contributed by atoms with Crippen molar-refractivity contribution in [2.45, 2.75) is 53.5 Å². The van der Waals surface area contributed by atoms with E-state index in [0.717, 1.165) is 19.5 Å². The van der Waals surface area contributed by atoms with Crippen LogP contribution in [0.3, 0.4) is 0 Å². The summed E-state index contributed by atoms with van der Waals surface area (Å²) in [5, 5.41) is 0. The van der Waals surface area contributed by atoms with E-state index in [0.29, 0.717) is 0 Å². The normalized spacial score (nSPS) is 21.1. The van der Waals surface area contributed by atoms with Gasteiger partial charge >= 0.3 is 0 Å². The smallest absolute Gasteiger partial charge is 0.105 e. The highest BCUT2D eigenvalue weighted by atomic mass is 15.2. The Kier molecular flexibility index (Phi) is 3.82. The van der Waals surface area contributed by atoms with Gasteiger partial charge in [0.1, 0.15) is 5.84 Å². The number of hydrogen-bond donors (Lipinski definition) is 0. The molecule has 0 aromatic heterocycles. The van der Waals surface area contributed by atoms with Gasteiger partial charge in [0.2, 0.25) is 0 Å². The molecule has 0 unspecified atom stereocenters. The summed E-state index contributed by atoms with van der Waals surface area (Å²) >= 11 is 0. The molecular formula is C14H26N2. The van der Waals surface area contributed by atoms with E-state index in [-0.39, 0.29) is 11.0 Å². The Balaban J connectivity index is 3.06. The maximum atomic E-state index is 4.76. The lowest BCUT2D eigenvalue weighted by molar-refractivity contribution is 0.219. The van der Waals surface area contributed by atoms with Gasteiger partial charge in [0, 0.05) is 17.5 Å². The Bertz CT molecular complexity index is 287. The van der Waals surface area contributed by atoms with Gasteiger partial charge in [0.05, 0.1) is 6.54 Å². The standard InChI is InChI=1S/C14H26N2/c1-13(2,3)12-15-10-8-7-9-11-16(12)14(4,5)6/h7-8H,9-11H2,1-6H3/b8-7-,15-12?. The first-order valence-corrected chi connectivity index (χ1v) is 6.20. The Morgan fingerprint density at radius 2 is 1.69 bits per heavy atom. The van der Waals surface area contributed by atoms with Crippen LogP contribution < -0.4 is 0 Å². The van der Waals surface area contributed by atoms with E-state index in [1.807, 2.05) is 0 Å². The fourth-order valence-electron chi connectivity index (χ4n) is 2.02. The Hall–Kier alpha value is -0.790. The molecule has 0 radical (unpaired) electrons. The minimum atomic E-state index is 0.123. The fraction of sp³-hybridized carbons (Fsp3) is 0.786. The molecule has 0 atom stereocenters. The van der Waals surface area contributed by atoms with E-state index in [2.05, 4.69) is 58.6 Å². The SMILES string of the molecule is CC(C)(C)C1=NC/C=C\CCN1C(C)(C)C. The third-order valence-corrected chi connectivity index (χ3v) is 2.77. The van der Waals surface area contributed by atoms with Crippen molar-refractivity contribution in [3.63, 3.8) is 0 Å². The minimum Gasteiger partial charge on any atom is -0.355 e. The van der Waals surface area contributed by atoms with Crippen LogP contribution in [0.25, 0.3) is 0 Å². The van der Waals surface area contributed by atoms with Gasteiger partial charge in [-0.25, -0.2) is 0 Å². The second kappa shape index (κ2) is 4.60. The molecule has 2 nitrogen and oxygen atoms in total. The summed E-state index contributed by atoms with van der Waals surface area (Å²) in [5.41, 5.74) is 0.274. The average Bonchev–Trinajstić information content (AvgIpc) is 1.96. The average molecular weight is 222 g/mol. The van der Waals surface area contributed by atoms with E-state index in [4.69, 9.17) is 4.99 Å². The highest BCUT2D eigenvalue weighted by molar-refractivity contribution is 5.88. The molecule has 0 aromatic carbocycles. The molecule has 1 rings (SSSR count). The molecule has 0 spiro atoms. The Morgan fingerprint density at radius 3 is 2.19 bits per heavy atom. The molecule has 1 heterocycles. The summed E-state index contributed by atoms with van der Waals surface area (Å²) in [6.07, 6.45) is 5.53. The Labute approximate surface area is 100 Å². The van der Waals surface area contributed by atoms with Crippen LogP contribution in [0.15, 0.2) is 17.1 Å². The van der Waals surface area contributed by atoms with E-state index in [9.17, 15) is 0 Å².